The molecule has 1 N–H and O–H groups in total. The number of alkyl halides is 3. The SMILES string of the molecule is CC1(C)CNCCC1Oc1cc(C(F)(F)F)c(Cl)cn1. The van der Waals surface area contributed by atoms with Crippen molar-refractivity contribution in [2.24, 2.45) is 5.41 Å². The second-order valence-electron chi connectivity index (χ2n) is 5.56. The highest BCUT2D eigenvalue weighted by Gasteiger charge is 2.36. The maximum Gasteiger partial charge on any atom is 0.418 e. The first-order chi connectivity index (χ1) is 9.20. The lowest BCUT2D eigenvalue weighted by Gasteiger charge is -2.38. The van der Waals surface area contributed by atoms with Gasteiger partial charge in [0, 0.05) is 18.0 Å². The van der Waals surface area contributed by atoms with Crippen LogP contribution in [0.15, 0.2) is 12.3 Å². The third-order valence-corrected chi connectivity index (χ3v) is 3.74. The molecule has 0 saturated carbocycles. The molecule has 1 aliphatic rings. The highest BCUT2D eigenvalue weighted by Crippen LogP contribution is 2.37. The Balaban J connectivity index is 2.22. The minimum atomic E-state index is -4.51. The molecule has 1 aromatic heterocycles. The van der Waals surface area contributed by atoms with Crippen molar-refractivity contribution in [2.45, 2.75) is 32.5 Å². The summed E-state index contributed by atoms with van der Waals surface area (Å²) in [5.41, 5.74) is -1.09. The maximum atomic E-state index is 12.8. The zero-order valence-corrected chi connectivity index (χ0v) is 12.0. The third-order valence-electron chi connectivity index (χ3n) is 3.43. The molecule has 1 saturated heterocycles. The van der Waals surface area contributed by atoms with Crippen molar-refractivity contribution in [1.82, 2.24) is 10.3 Å². The van der Waals surface area contributed by atoms with Crippen LogP contribution in [0.25, 0.3) is 0 Å². The average molecular weight is 309 g/mol. The lowest BCUT2D eigenvalue weighted by atomic mass is 9.82. The zero-order chi connectivity index (χ0) is 15.0. The van der Waals surface area contributed by atoms with Gasteiger partial charge < -0.3 is 10.1 Å². The van der Waals surface area contributed by atoms with Crippen LogP contribution in [0.4, 0.5) is 13.2 Å². The molecule has 112 valence electrons. The van der Waals surface area contributed by atoms with E-state index >= 15 is 0 Å². The number of piperidine rings is 1. The number of aromatic nitrogens is 1. The molecule has 0 amide bonds. The summed E-state index contributed by atoms with van der Waals surface area (Å²) in [7, 11) is 0. The quantitative estimate of drug-likeness (QED) is 0.907. The van der Waals surface area contributed by atoms with E-state index in [0.717, 1.165) is 31.8 Å². The summed E-state index contributed by atoms with van der Waals surface area (Å²) in [6.07, 6.45) is -2.99. The second-order valence-corrected chi connectivity index (χ2v) is 5.97. The minimum absolute atomic E-state index is 0.0401. The Bertz CT molecular complexity index is 491. The summed E-state index contributed by atoms with van der Waals surface area (Å²) < 4.78 is 44.0. The predicted octanol–water partition coefficient (Wildman–Crippen LogP) is 3.52. The van der Waals surface area contributed by atoms with E-state index in [9.17, 15) is 13.2 Å². The molecule has 2 heterocycles. The van der Waals surface area contributed by atoms with Crippen molar-refractivity contribution in [3.05, 3.63) is 22.8 Å². The summed E-state index contributed by atoms with van der Waals surface area (Å²) in [6, 6.07) is 0.862. The molecule has 1 fully saturated rings. The Kier molecular flexibility index (Phi) is 4.16. The van der Waals surface area contributed by atoms with E-state index in [0.29, 0.717) is 0 Å². The van der Waals surface area contributed by atoms with Gasteiger partial charge in [0.25, 0.3) is 0 Å². The van der Waals surface area contributed by atoms with Gasteiger partial charge in [0.05, 0.1) is 16.8 Å². The van der Waals surface area contributed by atoms with Gasteiger partial charge >= 0.3 is 6.18 Å². The van der Waals surface area contributed by atoms with E-state index in [1.165, 1.54) is 0 Å². The van der Waals surface area contributed by atoms with Gasteiger partial charge in [-0.1, -0.05) is 25.4 Å². The molecule has 2 rings (SSSR count). The molecule has 0 radical (unpaired) electrons. The number of rotatable bonds is 2. The topological polar surface area (TPSA) is 34.1 Å². The first-order valence-electron chi connectivity index (χ1n) is 6.30. The van der Waals surface area contributed by atoms with Crippen molar-refractivity contribution in [1.29, 1.82) is 0 Å². The lowest BCUT2D eigenvalue weighted by Crippen LogP contribution is -2.48. The number of nitrogens with one attached hydrogen (secondary N) is 1. The van der Waals surface area contributed by atoms with Crippen LogP contribution in [0.2, 0.25) is 5.02 Å². The molecule has 20 heavy (non-hydrogen) atoms. The average Bonchev–Trinajstić information content (AvgIpc) is 2.32. The van der Waals surface area contributed by atoms with Crippen molar-refractivity contribution < 1.29 is 17.9 Å². The summed E-state index contributed by atoms with van der Waals surface area (Å²) >= 11 is 5.53. The fraction of sp³-hybridized carbons (Fsp3) is 0.615. The lowest BCUT2D eigenvalue weighted by molar-refractivity contribution is -0.137. The van der Waals surface area contributed by atoms with Gasteiger partial charge in [0.1, 0.15) is 6.10 Å². The molecule has 0 bridgehead atoms. The third kappa shape index (κ3) is 3.35. The maximum absolute atomic E-state index is 12.8. The van der Waals surface area contributed by atoms with E-state index < -0.39 is 16.8 Å². The van der Waals surface area contributed by atoms with Crippen LogP contribution in [-0.4, -0.2) is 24.2 Å². The van der Waals surface area contributed by atoms with Gasteiger partial charge in [-0.3, -0.25) is 0 Å². The van der Waals surface area contributed by atoms with Crippen LogP contribution < -0.4 is 10.1 Å². The monoisotopic (exact) mass is 308 g/mol. The van der Waals surface area contributed by atoms with Crippen molar-refractivity contribution in [3.8, 4) is 5.88 Å². The highest BCUT2D eigenvalue weighted by molar-refractivity contribution is 6.31. The van der Waals surface area contributed by atoms with E-state index in [-0.39, 0.29) is 17.4 Å². The van der Waals surface area contributed by atoms with Crippen molar-refractivity contribution in [3.63, 3.8) is 0 Å². The summed E-state index contributed by atoms with van der Waals surface area (Å²) in [5, 5.41) is 2.81. The number of nitrogens with zero attached hydrogens (tertiary/aromatic N) is 1. The van der Waals surface area contributed by atoms with E-state index in [1.54, 1.807) is 0 Å². The first-order valence-corrected chi connectivity index (χ1v) is 6.68. The van der Waals surface area contributed by atoms with Crippen LogP contribution in [0.1, 0.15) is 25.8 Å². The zero-order valence-electron chi connectivity index (χ0n) is 11.2. The van der Waals surface area contributed by atoms with E-state index in [1.807, 2.05) is 13.8 Å². The normalized spacial score (nSPS) is 22.6. The van der Waals surface area contributed by atoms with Crippen LogP contribution in [0.5, 0.6) is 5.88 Å². The molecule has 3 nitrogen and oxygen atoms in total. The molecule has 1 atom stereocenters. The molecule has 0 aliphatic carbocycles. The van der Waals surface area contributed by atoms with Crippen LogP contribution >= 0.6 is 11.6 Å². The Hall–Kier alpha value is -1.01. The molecule has 0 spiro atoms. The van der Waals surface area contributed by atoms with E-state index in [4.69, 9.17) is 16.3 Å². The van der Waals surface area contributed by atoms with Crippen molar-refractivity contribution >= 4 is 11.6 Å². The van der Waals surface area contributed by atoms with Gasteiger partial charge in [-0.15, -0.1) is 0 Å². The molecule has 0 aromatic carbocycles. The van der Waals surface area contributed by atoms with Crippen LogP contribution in [-0.2, 0) is 6.18 Å². The predicted molar refractivity (Wildman–Crippen MR) is 69.9 cm³/mol. The Morgan fingerprint density at radius 3 is 2.75 bits per heavy atom. The van der Waals surface area contributed by atoms with Gasteiger partial charge in [-0.2, -0.15) is 13.2 Å². The second kappa shape index (κ2) is 5.41. The van der Waals surface area contributed by atoms with Gasteiger partial charge in [-0.25, -0.2) is 4.98 Å². The van der Waals surface area contributed by atoms with Crippen LogP contribution in [0, 0.1) is 5.41 Å². The number of hydrogen-bond donors (Lipinski definition) is 1. The highest BCUT2D eigenvalue weighted by atomic mass is 35.5. The standard InChI is InChI=1S/C13H16ClF3N2O/c1-12(2)7-18-4-3-10(12)20-11-5-8(13(15,16)17)9(14)6-19-11/h5-6,10,18H,3-4,7H2,1-2H3. The summed E-state index contributed by atoms with van der Waals surface area (Å²) in [5.74, 6) is -0.0401. The Labute approximate surface area is 120 Å². The molecular formula is C13H16ClF3N2O. The van der Waals surface area contributed by atoms with Gasteiger partial charge in [0.15, 0.2) is 0 Å². The molecular weight excluding hydrogens is 293 g/mol. The van der Waals surface area contributed by atoms with Gasteiger partial charge in [0.2, 0.25) is 5.88 Å². The summed E-state index contributed by atoms with van der Waals surface area (Å²) in [4.78, 5) is 3.84. The molecule has 1 unspecified atom stereocenters. The van der Waals surface area contributed by atoms with Crippen molar-refractivity contribution in [2.75, 3.05) is 13.1 Å². The smallest absolute Gasteiger partial charge is 0.418 e. The number of hydrogen-bond acceptors (Lipinski definition) is 3. The van der Waals surface area contributed by atoms with Gasteiger partial charge in [-0.05, 0) is 13.0 Å². The number of pyridine rings is 1. The minimum Gasteiger partial charge on any atom is -0.474 e. The molecule has 1 aliphatic heterocycles. The summed E-state index contributed by atoms with van der Waals surface area (Å²) in [6.45, 7) is 5.53. The first kappa shape index (κ1) is 15.4. The number of halogens is 4. The Morgan fingerprint density at radius 2 is 2.15 bits per heavy atom. The Morgan fingerprint density at radius 1 is 1.45 bits per heavy atom. The molecule has 1 aromatic rings. The molecule has 7 heteroatoms. The fourth-order valence-corrected chi connectivity index (χ4v) is 2.42. The largest absolute Gasteiger partial charge is 0.474 e. The van der Waals surface area contributed by atoms with E-state index in [2.05, 4.69) is 10.3 Å². The number of ether oxygens (including phenoxy) is 1. The fourth-order valence-electron chi connectivity index (χ4n) is 2.21. The van der Waals surface area contributed by atoms with Crippen LogP contribution in [0.3, 0.4) is 0 Å².